The largest absolute Gasteiger partial charge is 0.490 e. The minimum absolute atomic E-state index is 0.476. The Hall–Kier alpha value is -0.970. The normalized spacial score (nSPS) is 12.5. The highest BCUT2D eigenvalue weighted by atomic mass is 32.1. The van der Waals surface area contributed by atoms with Crippen LogP contribution < -0.4 is 15.4 Å². The van der Waals surface area contributed by atoms with Crippen LogP contribution in [0, 0.1) is 0 Å². The third kappa shape index (κ3) is 2.53. The monoisotopic (exact) mass is 229 g/mol. The van der Waals surface area contributed by atoms with E-state index in [1.807, 2.05) is 0 Å². The molecule has 1 unspecified atom stereocenters. The lowest BCUT2D eigenvalue weighted by Gasteiger charge is -2.25. The van der Waals surface area contributed by atoms with Crippen LogP contribution in [0.2, 0.25) is 0 Å². The van der Waals surface area contributed by atoms with E-state index in [0.29, 0.717) is 17.6 Å². The molecule has 1 aromatic rings. The van der Waals surface area contributed by atoms with Crippen LogP contribution >= 0.6 is 11.5 Å². The first kappa shape index (κ1) is 12.1. The number of methoxy groups -OCH3 is 1. The fraction of sp³-hybridized carbons (Fsp3) is 0.700. The van der Waals surface area contributed by atoms with Gasteiger partial charge in [0.2, 0.25) is 0 Å². The molecule has 0 bridgehead atoms. The molecule has 0 aliphatic heterocycles. The number of aromatic nitrogens is 1. The maximum absolute atomic E-state index is 5.71. The maximum atomic E-state index is 5.71. The molecule has 0 saturated heterocycles. The third-order valence-corrected chi connectivity index (χ3v) is 3.48. The highest BCUT2D eigenvalue weighted by molar-refractivity contribution is 7.11. The van der Waals surface area contributed by atoms with Gasteiger partial charge in [0.25, 0.3) is 0 Å². The summed E-state index contributed by atoms with van der Waals surface area (Å²) in [4.78, 5) is 2.18. The Bertz CT molecular complexity index is 314. The second kappa shape index (κ2) is 5.21. The summed E-state index contributed by atoms with van der Waals surface area (Å²) in [7, 11) is 3.68. The van der Waals surface area contributed by atoms with Gasteiger partial charge in [-0.3, -0.25) is 0 Å². The molecule has 0 aliphatic rings. The SMILES string of the molecule is CCCC(C)N(C)c1snc(N)c1OC. The van der Waals surface area contributed by atoms with Gasteiger partial charge in [-0.15, -0.1) is 0 Å². The topological polar surface area (TPSA) is 51.4 Å². The van der Waals surface area contributed by atoms with Crippen molar-refractivity contribution >= 4 is 22.4 Å². The Labute approximate surface area is 95.2 Å². The van der Waals surface area contributed by atoms with E-state index in [9.17, 15) is 0 Å². The molecule has 0 radical (unpaired) electrons. The molecule has 0 aliphatic carbocycles. The molecule has 4 nitrogen and oxygen atoms in total. The van der Waals surface area contributed by atoms with Gasteiger partial charge < -0.3 is 15.4 Å². The van der Waals surface area contributed by atoms with Crippen LogP contribution in [-0.2, 0) is 0 Å². The van der Waals surface area contributed by atoms with Gasteiger partial charge in [-0.1, -0.05) is 13.3 Å². The number of hydrogen-bond acceptors (Lipinski definition) is 5. The molecular formula is C10H19N3OS. The van der Waals surface area contributed by atoms with E-state index in [4.69, 9.17) is 10.5 Å². The number of hydrogen-bond donors (Lipinski definition) is 1. The molecule has 0 saturated carbocycles. The van der Waals surface area contributed by atoms with Crippen molar-refractivity contribution in [2.45, 2.75) is 32.7 Å². The number of nitrogens with zero attached hydrogens (tertiary/aromatic N) is 2. The zero-order chi connectivity index (χ0) is 11.4. The average Bonchev–Trinajstić information content (AvgIpc) is 2.58. The van der Waals surface area contributed by atoms with Crippen LogP contribution in [0.4, 0.5) is 10.8 Å². The van der Waals surface area contributed by atoms with Crippen LogP contribution in [0.1, 0.15) is 26.7 Å². The van der Waals surface area contributed by atoms with Crippen LogP contribution in [0.5, 0.6) is 5.75 Å². The van der Waals surface area contributed by atoms with Crippen molar-refractivity contribution in [3.63, 3.8) is 0 Å². The Balaban J connectivity index is 2.85. The smallest absolute Gasteiger partial charge is 0.197 e. The quantitative estimate of drug-likeness (QED) is 0.842. The van der Waals surface area contributed by atoms with Crippen molar-refractivity contribution in [2.75, 3.05) is 24.8 Å². The average molecular weight is 229 g/mol. The van der Waals surface area contributed by atoms with Gasteiger partial charge in [-0.25, -0.2) is 0 Å². The van der Waals surface area contributed by atoms with Crippen molar-refractivity contribution in [2.24, 2.45) is 0 Å². The molecule has 15 heavy (non-hydrogen) atoms. The van der Waals surface area contributed by atoms with Crippen LogP contribution in [0.15, 0.2) is 0 Å². The first-order valence-electron chi connectivity index (χ1n) is 5.13. The Morgan fingerprint density at radius 3 is 2.80 bits per heavy atom. The second-order valence-electron chi connectivity index (χ2n) is 3.65. The fourth-order valence-corrected chi connectivity index (χ4v) is 2.36. The van der Waals surface area contributed by atoms with Gasteiger partial charge in [0.15, 0.2) is 16.6 Å². The zero-order valence-electron chi connectivity index (χ0n) is 9.78. The summed E-state index contributed by atoms with van der Waals surface area (Å²) in [5.74, 6) is 1.18. The second-order valence-corrected chi connectivity index (χ2v) is 4.41. The summed E-state index contributed by atoms with van der Waals surface area (Å²) in [6.45, 7) is 4.38. The van der Waals surface area contributed by atoms with Crippen molar-refractivity contribution in [1.82, 2.24) is 4.37 Å². The highest BCUT2D eigenvalue weighted by Gasteiger charge is 2.19. The lowest BCUT2D eigenvalue weighted by molar-refractivity contribution is 0.416. The molecule has 1 heterocycles. The Morgan fingerprint density at radius 2 is 2.27 bits per heavy atom. The molecule has 0 spiro atoms. The van der Waals surface area contributed by atoms with E-state index in [1.54, 1.807) is 7.11 Å². The highest BCUT2D eigenvalue weighted by Crippen LogP contribution is 2.38. The van der Waals surface area contributed by atoms with Crippen molar-refractivity contribution in [3.05, 3.63) is 0 Å². The minimum atomic E-state index is 0.476. The third-order valence-electron chi connectivity index (χ3n) is 2.55. The van der Waals surface area contributed by atoms with Crippen molar-refractivity contribution in [1.29, 1.82) is 0 Å². The van der Waals surface area contributed by atoms with Crippen LogP contribution in [0.25, 0.3) is 0 Å². The molecule has 5 heteroatoms. The molecular weight excluding hydrogens is 210 g/mol. The number of nitrogens with two attached hydrogens (primary N) is 1. The summed E-state index contributed by atoms with van der Waals surface area (Å²) in [5.41, 5.74) is 5.71. The predicted molar refractivity (Wildman–Crippen MR) is 65.9 cm³/mol. The van der Waals surface area contributed by atoms with Crippen molar-refractivity contribution in [3.8, 4) is 5.75 Å². The van der Waals surface area contributed by atoms with E-state index < -0.39 is 0 Å². The van der Waals surface area contributed by atoms with Gasteiger partial charge in [0.05, 0.1) is 7.11 Å². The van der Waals surface area contributed by atoms with Crippen LogP contribution in [-0.4, -0.2) is 24.6 Å². The lowest BCUT2D eigenvalue weighted by atomic mass is 10.2. The summed E-state index contributed by atoms with van der Waals surface area (Å²) in [5, 5.41) is 1.01. The molecule has 86 valence electrons. The van der Waals surface area contributed by atoms with E-state index >= 15 is 0 Å². The van der Waals surface area contributed by atoms with Gasteiger partial charge in [0.1, 0.15) is 0 Å². The molecule has 2 N–H and O–H groups in total. The number of nitrogen functional groups attached to an aromatic ring is 1. The molecule has 1 aromatic heterocycles. The Morgan fingerprint density at radius 1 is 1.60 bits per heavy atom. The zero-order valence-corrected chi connectivity index (χ0v) is 10.6. The number of rotatable bonds is 5. The van der Waals surface area contributed by atoms with Gasteiger partial charge in [-0.05, 0) is 24.9 Å². The van der Waals surface area contributed by atoms with E-state index in [1.165, 1.54) is 18.0 Å². The molecule has 1 rings (SSSR count). The number of anilines is 2. The Kier molecular flexibility index (Phi) is 4.20. The van der Waals surface area contributed by atoms with Gasteiger partial charge in [0, 0.05) is 13.1 Å². The minimum Gasteiger partial charge on any atom is -0.490 e. The number of ether oxygens (including phenoxy) is 1. The summed E-state index contributed by atoms with van der Waals surface area (Å²) >= 11 is 1.39. The first-order chi connectivity index (χ1) is 7.11. The van der Waals surface area contributed by atoms with E-state index in [2.05, 4.69) is 30.2 Å². The van der Waals surface area contributed by atoms with Crippen molar-refractivity contribution < 1.29 is 4.74 Å². The summed E-state index contributed by atoms with van der Waals surface area (Å²) in [6.07, 6.45) is 2.32. The summed E-state index contributed by atoms with van der Waals surface area (Å²) < 4.78 is 9.35. The predicted octanol–water partition coefficient (Wildman–Crippen LogP) is 2.36. The van der Waals surface area contributed by atoms with E-state index in [-0.39, 0.29) is 0 Å². The molecule has 0 fully saturated rings. The molecule has 0 amide bonds. The molecule has 0 aromatic carbocycles. The molecule has 1 atom stereocenters. The maximum Gasteiger partial charge on any atom is 0.197 e. The van der Waals surface area contributed by atoms with Gasteiger partial charge in [-0.2, -0.15) is 4.37 Å². The van der Waals surface area contributed by atoms with Crippen LogP contribution in [0.3, 0.4) is 0 Å². The first-order valence-corrected chi connectivity index (χ1v) is 5.91. The summed E-state index contributed by atoms with van der Waals surface area (Å²) in [6, 6.07) is 0.476. The lowest BCUT2D eigenvalue weighted by Crippen LogP contribution is -2.28. The fourth-order valence-electron chi connectivity index (χ4n) is 1.51. The van der Waals surface area contributed by atoms with E-state index in [0.717, 1.165) is 11.4 Å². The van der Waals surface area contributed by atoms with Gasteiger partial charge >= 0.3 is 0 Å². The standard InChI is InChI=1S/C10H19N3OS/c1-5-6-7(2)13(3)10-8(14-4)9(11)12-15-10/h7H,5-6H2,1-4H3,(H2,11,12).